The van der Waals surface area contributed by atoms with Crippen LogP contribution in [0.5, 0.6) is 0 Å². The van der Waals surface area contributed by atoms with Crippen LogP contribution < -0.4 is 0 Å². The maximum atomic E-state index is 12.5. The number of piperidine rings is 1. The SMILES string of the molecule is Cc1ccc(S(=O)(=O)N2CCCC(C)(C(=O)O)C2)s1. The number of aryl methyl sites for hydroxylation is 1. The second-order valence-corrected chi connectivity index (χ2v) is 8.63. The summed E-state index contributed by atoms with van der Waals surface area (Å²) < 4.78 is 26.5. The third-order valence-electron chi connectivity index (χ3n) is 3.49. The number of carbonyl (C=O) groups is 1. The van der Waals surface area contributed by atoms with Gasteiger partial charge >= 0.3 is 5.97 Å². The van der Waals surface area contributed by atoms with Crippen molar-refractivity contribution in [2.75, 3.05) is 13.1 Å². The normalized spacial score (nSPS) is 25.4. The van der Waals surface area contributed by atoms with Gasteiger partial charge in [0, 0.05) is 18.0 Å². The molecule has 106 valence electrons. The van der Waals surface area contributed by atoms with Gasteiger partial charge in [0.05, 0.1) is 5.41 Å². The first kappa shape index (κ1) is 14.5. The average molecular weight is 303 g/mol. The minimum absolute atomic E-state index is 0.0433. The molecule has 1 aliphatic heterocycles. The summed E-state index contributed by atoms with van der Waals surface area (Å²) in [4.78, 5) is 12.2. The number of hydrogen-bond acceptors (Lipinski definition) is 4. The van der Waals surface area contributed by atoms with E-state index in [0.717, 1.165) is 4.88 Å². The van der Waals surface area contributed by atoms with Gasteiger partial charge in [-0.25, -0.2) is 8.42 Å². The number of sulfonamides is 1. The number of aliphatic carboxylic acids is 1. The molecule has 19 heavy (non-hydrogen) atoms. The zero-order valence-electron chi connectivity index (χ0n) is 10.9. The fourth-order valence-corrected chi connectivity index (χ4v) is 5.29. The smallest absolute Gasteiger partial charge is 0.310 e. The predicted octanol–water partition coefficient (Wildman–Crippen LogP) is 1.93. The van der Waals surface area contributed by atoms with Gasteiger partial charge < -0.3 is 5.11 Å². The molecule has 1 atom stereocenters. The third-order valence-corrected chi connectivity index (χ3v) is 6.80. The van der Waals surface area contributed by atoms with Gasteiger partial charge in [-0.3, -0.25) is 4.79 Å². The van der Waals surface area contributed by atoms with Gasteiger partial charge in [0.25, 0.3) is 10.0 Å². The highest BCUT2D eigenvalue weighted by atomic mass is 32.2. The topological polar surface area (TPSA) is 74.7 Å². The molecule has 1 fully saturated rings. The van der Waals surface area contributed by atoms with Gasteiger partial charge in [-0.15, -0.1) is 11.3 Å². The Kier molecular flexibility index (Phi) is 3.72. The summed E-state index contributed by atoms with van der Waals surface area (Å²) in [5, 5.41) is 9.24. The maximum Gasteiger partial charge on any atom is 0.310 e. The molecule has 1 N–H and O–H groups in total. The zero-order valence-corrected chi connectivity index (χ0v) is 12.6. The molecule has 1 aromatic rings. The predicted molar refractivity (Wildman–Crippen MR) is 72.8 cm³/mol. The van der Waals surface area contributed by atoms with E-state index in [0.29, 0.717) is 23.6 Å². The largest absolute Gasteiger partial charge is 0.481 e. The second kappa shape index (κ2) is 4.88. The lowest BCUT2D eigenvalue weighted by molar-refractivity contribution is -0.150. The van der Waals surface area contributed by atoms with Crippen molar-refractivity contribution in [1.82, 2.24) is 4.31 Å². The van der Waals surface area contributed by atoms with Gasteiger partial charge in [-0.2, -0.15) is 4.31 Å². The summed E-state index contributed by atoms with van der Waals surface area (Å²) in [5.74, 6) is -0.935. The Morgan fingerprint density at radius 2 is 2.16 bits per heavy atom. The molecule has 7 heteroatoms. The van der Waals surface area contributed by atoms with E-state index >= 15 is 0 Å². The van der Waals surface area contributed by atoms with Crippen molar-refractivity contribution in [1.29, 1.82) is 0 Å². The van der Waals surface area contributed by atoms with Crippen LogP contribution in [-0.2, 0) is 14.8 Å². The van der Waals surface area contributed by atoms with Crippen molar-refractivity contribution >= 4 is 27.3 Å². The van der Waals surface area contributed by atoms with Crippen molar-refractivity contribution in [2.45, 2.75) is 30.9 Å². The van der Waals surface area contributed by atoms with Crippen LogP contribution in [-0.4, -0.2) is 36.9 Å². The Morgan fingerprint density at radius 3 is 2.68 bits per heavy atom. The van der Waals surface area contributed by atoms with E-state index in [9.17, 15) is 18.3 Å². The van der Waals surface area contributed by atoms with Gasteiger partial charge in [0.1, 0.15) is 4.21 Å². The molecule has 0 spiro atoms. The average Bonchev–Trinajstić information content (AvgIpc) is 2.76. The maximum absolute atomic E-state index is 12.5. The first-order valence-electron chi connectivity index (χ1n) is 6.06. The third kappa shape index (κ3) is 2.68. The van der Waals surface area contributed by atoms with Crippen LogP contribution in [0, 0.1) is 12.3 Å². The van der Waals surface area contributed by atoms with Gasteiger partial charge in [0.2, 0.25) is 0 Å². The molecular formula is C12H17NO4S2. The highest BCUT2D eigenvalue weighted by Gasteiger charge is 2.42. The lowest BCUT2D eigenvalue weighted by atomic mass is 9.83. The quantitative estimate of drug-likeness (QED) is 0.926. The fraction of sp³-hybridized carbons (Fsp3) is 0.583. The molecule has 1 aliphatic rings. The fourth-order valence-electron chi connectivity index (χ4n) is 2.25. The molecule has 0 aromatic carbocycles. The van der Waals surface area contributed by atoms with Crippen molar-refractivity contribution in [3.8, 4) is 0 Å². The minimum atomic E-state index is -3.56. The molecule has 0 radical (unpaired) electrons. The first-order valence-corrected chi connectivity index (χ1v) is 8.31. The Labute approximate surface area is 116 Å². The molecule has 0 saturated carbocycles. The highest BCUT2D eigenvalue weighted by molar-refractivity contribution is 7.91. The summed E-state index contributed by atoms with van der Waals surface area (Å²) in [6.07, 6.45) is 1.09. The minimum Gasteiger partial charge on any atom is -0.481 e. The lowest BCUT2D eigenvalue weighted by Gasteiger charge is -2.36. The Morgan fingerprint density at radius 1 is 1.47 bits per heavy atom. The zero-order chi connectivity index (χ0) is 14.3. The van der Waals surface area contributed by atoms with Crippen molar-refractivity contribution in [3.63, 3.8) is 0 Å². The van der Waals surface area contributed by atoms with Crippen molar-refractivity contribution in [3.05, 3.63) is 17.0 Å². The molecule has 0 amide bonds. The summed E-state index contributed by atoms with van der Waals surface area (Å²) in [5.41, 5.74) is -0.988. The molecule has 1 aromatic heterocycles. The molecule has 1 unspecified atom stereocenters. The van der Waals surface area contributed by atoms with E-state index in [2.05, 4.69) is 0 Å². The molecule has 2 heterocycles. The highest BCUT2D eigenvalue weighted by Crippen LogP contribution is 2.34. The Bertz CT molecular complexity index is 593. The van der Waals surface area contributed by atoms with Crippen LogP contribution in [0.15, 0.2) is 16.3 Å². The molecule has 5 nitrogen and oxygen atoms in total. The Balaban J connectivity index is 2.29. The number of hydrogen-bond donors (Lipinski definition) is 1. The lowest BCUT2D eigenvalue weighted by Crippen LogP contribution is -2.48. The van der Waals surface area contributed by atoms with E-state index in [1.165, 1.54) is 15.6 Å². The first-order chi connectivity index (χ1) is 8.75. The number of nitrogens with zero attached hydrogens (tertiary/aromatic N) is 1. The van der Waals surface area contributed by atoms with E-state index in [1.54, 1.807) is 19.1 Å². The van der Waals surface area contributed by atoms with Gasteiger partial charge in [-0.1, -0.05) is 0 Å². The summed E-state index contributed by atoms with van der Waals surface area (Å²) in [7, 11) is -3.56. The Hall–Kier alpha value is -0.920. The molecule has 0 bridgehead atoms. The van der Waals surface area contributed by atoms with Crippen LogP contribution >= 0.6 is 11.3 Å². The number of rotatable bonds is 3. The number of carboxylic acids is 1. The summed E-state index contributed by atoms with van der Waals surface area (Å²) >= 11 is 1.22. The second-order valence-electron chi connectivity index (χ2n) is 5.17. The molecule has 2 rings (SSSR count). The van der Waals surface area contributed by atoms with E-state index in [-0.39, 0.29) is 6.54 Å². The van der Waals surface area contributed by atoms with Crippen LogP contribution in [0.2, 0.25) is 0 Å². The van der Waals surface area contributed by atoms with Crippen LogP contribution in [0.3, 0.4) is 0 Å². The van der Waals surface area contributed by atoms with E-state index in [4.69, 9.17) is 0 Å². The monoisotopic (exact) mass is 303 g/mol. The van der Waals surface area contributed by atoms with E-state index in [1.807, 2.05) is 6.92 Å². The summed E-state index contributed by atoms with van der Waals surface area (Å²) in [6.45, 7) is 3.89. The molecular weight excluding hydrogens is 286 g/mol. The van der Waals surface area contributed by atoms with Gasteiger partial charge in [-0.05, 0) is 38.8 Å². The van der Waals surface area contributed by atoms with E-state index < -0.39 is 21.4 Å². The standard InChI is InChI=1S/C12H17NO4S2/c1-9-4-5-10(18-9)19(16,17)13-7-3-6-12(2,8-13)11(14)15/h4-5H,3,6-8H2,1-2H3,(H,14,15). The number of carboxylic acid groups (broad SMARTS) is 1. The van der Waals surface area contributed by atoms with Crippen molar-refractivity contribution < 1.29 is 18.3 Å². The van der Waals surface area contributed by atoms with Crippen LogP contribution in [0.25, 0.3) is 0 Å². The van der Waals surface area contributed by atoms with Crippen LogP contribution in [0.4, 0.5) is 0 Å². The molecule has 1 saturated heterocycles. The van der Waals surface area contributed by atoms with Gasteiger partial charge in [0.15, 0.2) is 0 Å². The number of thiophene rings is 1. The summed E-state index contributed by atoms with van der Waals surface area (Å²) in [6, 6.07) is 3.35. The van der Waals surface area contributed by atoms with Crippen molar-refractivity contribution in [2.24, 2.45) is 5.41 Å². The molecule has 0 aliphatic carbocycles. The van der Waals surface area contributed by atoms with Crippen LogP contribution in [0.1, 0.15) is 24.6 Å².